The molecule has 2 aliphatic rings. The third kappa shape index (κ3) is 3.94. The van der Waals surface area contributed by atoms with Crippen molar-refractivity contribution in [2.45, 2.75) is 25.0 Å². The second kappa shape index (κ2) is 7.59. The lowest BCUT2D eigenvalue weighted by Gasteiger charge is -2.50. The first kappa shape index (κ1) is 17.3. The summed E-state index contributed by atoms with van der Waals surface area (Å²) in [4.78, 5) is 20.2. The lowest BCUT2D eigenvalue weighted by Crippen LogP contribution is -2.67. The van der Waals surface area contributed by atoms with Gasteiger partial charge in [0, 0.05) is 19.4 Å². The van der Waals surface area contributed by atoms with Crippen LogP contribution in [-0.4, -0.2) is 73.2 Å². The Hall–Kier alpha value is -1.50. The van der Waals surface area contributed by atoms with Crippen LogP contribution in [0.2, 0.25) is 0 Å². The minimum atomic E-state index is -0.129. The molecule has 3 rings (SSSR count). The van der Waals surface area contributed by atoms with E-state index in [1.807, 2.05) is 42.1 Å². The molecule has 1 amide bonds. The number of rotatable bonds is 7. The van der Waals surface area contributed by atoms with Gasteiger partial charge in [0.15, 0.2) is 0 Å². The van der Waals surface area contributed by atoms with Gasteiger partial charge in [-0.1, -0.05) is 6.07 Å². The third-order valence-electron chi connectivity index (χ3n) is 4.91. The smallest absolute Gasteiger partial charge is 0.236 e. The zero-order valence-corrected chi connectivity index (χ0v) is 14.6. The van der Waals surface area contributed by atoms with Crippen molar-refractivity contribution in [3.8, 4) is 0 Å². The number of carbonyl (C=O) groups is 1. The Morgan fingerprint density at radius 3 is 3.00 bits per heavy atom. The molecule has 2 fully saturated rings. The number of amides is 1. The highest BCUT2D eigenvalue weighted by Gasteiger charge is 2.53. The molecule has 1 spiro atoms. The minimum Gasteiger partial charge on any atom is -0.375 e. The Kier molecular flexibility index (Phi) is 5.48. The number of pyridine rings is 1. The highest BCUT2D eigenvalue weighted by Crippen LogP contribution is 2.41. The third-order valence-corrected chi connectivity index (χ3v) is 4.91. The number of carbonyl (C=O) groups excluding carboxylic acids is 1. The van der Waals surface area contributed by atoms with Crippen molar-refractivity contribution in [2.75, 3.05) is 46.9 Å². The standard InChI is InChI=1S/C18H27N3O3/c1-20(2)11-17(22)21-13-18(14-21)15(7-10-24-18)6-9-23-12-16-5-3-4-8-19-16/h3-5,8,15H,6-7,9-14H2,1-2H3/t15-/m1/s1. The zero-order valence-electron chi connectivity index (χ0n) is 14.6. The topological polar surface area (TPSA) is 54.9 Å². The van der Waals surface area contributed by atoms with Gasteiger partial charge >= 0.3 is 0 Å². The average molecular weight is 333 g/mol. The fraction of sp³-hybridized carbons (Fsp3) is 0.667. The molecule has 2 aliphatic heterocycles. The summed E-state index contributed by atoms with van der Waals surface area (Å²) in [5, 5.41) is 0. The quantitative estimate of drug-likeness (QED) is 0.701. The maximum absolute atomic E-state index is 12.1. The van der Waals surface area contributed by atoms with Gasteiger partial charge in [-0.15, -0.1) is 0 Å². The van der Waals surface area contributed by atoms with Crippen molar-refractivity contribution in [2.24, 2.45) is 5.92 Å². The van der Waals surface area contributed by atoms with Gasteiger partial charge in [-0.25, -0.2) is 0 Å². The van der Waals surface area contributed by atoms with Crippen LogP contribution < -0.4 is 0 Å². The molecule has 0 aliphatic carbocycles. The molecule has 6 nitrogen and oxygen atoms in total. The lowest BCUT2D eigenvalue weighted by molar-refractivity contribution is -0.166. The molecule has 0 unspecified atom stereocenters. The zero-order chi connectivity index (χ0) is 17.0. The van der Waals surface area contributed by atoms with Crippen LogP contribution in [0.5, 0.6) is 0 Å². The molecule has 2 saturated heterocycles. The molecule has 0 saturated carbocycles. The second-order valence-electron chi connectivity index (χ2n) is 7.05. The van der Waals surface area contributed by atoms with Crippen LogP contribution in [0, 0.1) is 5.92 Å². The summed E-state index contributed by atoms with van der Waals surface area (Å²) in [7, 11) is 3.84. The molecule has 1 atom stereocenters. The van der Waals surface area contributed by atoms with Gasteiger partial charge < -0.3 is 19.3 Å². The predicted octanol–water partition coefficient (Wildman–Crippen LogP) is 1.17. The molecule has 0 bridgehead atoms. The number of likely N-dealkylation sites (N-methyl/N-ethyl adjacent to an activating group) is 1. The van der Waals surface area contributed by atoms with E-state index < -0.39 is 0 Å². The number of ether oxygens (including phenoxy) is 2. The molecular formula is C18H27N3O3. The molecule has 1 aromatic rings. The van der Waals surface area contributed by atoms with E-state index in [1.165, 1.54) is 0 Å². The van der Waals surface area contributed by atoms with Gasteiger partial charge in [0.1, 0.15) is 5.60 Å². The van der Waals surface area contributed by atoms with Crippen LogP contribution in [0.1, 0.15) is 18.5 Å². The maximum atomic E-state index is 12.1. The first-order valence-electron chi connectivity index (χ1n) is 8.63. The fourth-order valence-corrected chi connectivity index (χ4v) is 3.57. The van der Waals surface area contributed by atoms with E-state index in [2.05, 4.69) is 4.98 Å². The Balaban J connectivity index is 1.41. The van der Waals surface area contributed by atoms with Crippen LogP contribution in [-0.2, 0) is 20.9 Å². The summed E-state index contributed by atoms with van der Waals surface area (Å²) in [6, 6.07) is 5.85. The first-order chi connectivity index (χ1) is 11.6. The van der Waals surface area contributed by atoms with Crippen LogP contribution in [0.15, 0.2) is 24.4 Å². The minimum absolute atomic E-state index is 0.129. The summed E-state index contributed by atoms with van der Waals surface area (Å²) < 4.78 is 11.8. The van der Waals surface area contributed by atoms with E-state index >= 15 is 0 Å². The van der Waals surface area contributed by atoms with Crippen molar-refractivity contribution in [3.63, 3.8) is 0 Å². The lowest BCUT2D eigenvalue weighted by atomic mass is 9.79. The molecule has 0 aromatic carbocycles. The summed E-state index contributed by atoms with van der Waals surface area (Å²) in [5.74, 6) is 0.663. The SMILES string of the molecule is CN(C)CC(=O)N1CC2(C1)OCC[C@H]2CCOCc1ccccn1. The van der Waals surface area contributed by atoms with Gasteiger partial charge in [0.25, 0.3) is 0 Å². The van der Waals surface area contributed by atoms with Gasteiger partial charge in [-0.05, 0) is 45.0 Å². The molecule has 24 heavy (non-hydrogen) atoms. The van der Waals surface area contributed by atoms with Crippen molar-refractivity contribution in [1.82, 2.24) is 14.8 Å². The van der Waals surface area contributed by atoms with Gasteiger partial charge in [-0.2, -0.15) is 0 Å². The predicted molar refractivity (Wildman–Crippen MR) is 90.4 cm³/mol. The average Bonchev–Trinajstić information content (AvgIpc) is 2.94. The first-order valence-corrected chi connectivity index (χ1v) is 8.63. The summed E-state index contributed by atoms with van der Waals surface area (Å²) in [5.41, 5.74) is 0.829. The van der Waals surface area contributed by atoms with Crippen LogP contribution in [0.4, 0.5) is 0 Å². The molecule has 132 valence electrons. The monoisotopic (exact) mass is 333 g/mol. The molecule has 0 N–H and O–H groups in total. The molecule has 0 radical (unpaired) electrons. The fourth-order valence-electron chi connectivity index (χ4n) is 3.57. The molecule has 6 heteroatoms. The number of hydrogen-bond acceptors (Lipinski definition) is 5. The van der Waals surface area contributed by atoms with E-state index in [1.54, 1.807) is 6.20 Å². The van der Waals surface area contributed by atoms with Crippen molar-refractivity contribution in [1.29, 1.82) is 0 Å². The number of nitrogens with zero attached hydrogens (tertiary/aromatic N) is 3. The van der Waals surface area contributed by atoms with Crippen LogP contribution >= 0.6 is 0 Å². The number of likely N-dealkylation sites (tertiary alicyclic amines) is 1. The van der Waals surface area contributed by atoms with E-state index in [0.29, 0.717) is 25.7 Å². The Morgan fingerprint density at radius 2 is 2.29 bits per heavy atom. The number of hydrogen-bond donors (Lipinski definition) is 0. The second-order valence-corrected chi connectivity index (χ2v) is 7.05. The van der Waals surface area contributed by atoms with Gasteiger partial charge in [0.2, 0.25) is 5.91 Å². The van der Waals surface area contributed by atoms with Crippen LogP contribution in [0.25, 0.3) is 0 Å². The molecule has 3 heterocycles. The normalized spacial score (nSPS) is 22.1. The van der Waals surface area contributed by atoms with E-state index in [0.717, 1.165) is 38.2 Å². The maximum Gasteiger partial charge on any atom is 0.236 e. The van der Waals surface area contributed by atoms with E-state index in [4.69, 9.17) is 9.47 Å². The highest BCUT2D eigenvalue weighted by atomic mass is 16.5. The van der Waals surface area contributed by atoms with Crippen molar-refractivity contribution < 1.29 is 14.3 Å². The van der Waals surface area contributed by atoms with E-state index in [-0.39, 0.29) is 11.5 Å². The number of aromatic nitrogens is 1. The highest BCUT2D eigenvalue weighted by molar-refractivity contribution is 5.79. The largest absolute Gasteiger partial charge is 0.375 e. The van der Waals surface area contributed by atoms with E-state index in [9.17, 15) is 4.79 Å². The van der Waals surface area contributed by atoms with Crippen molar-refractivity contribution >= 4 is 5.91 Å². The van der Waals surface area contributed by atoms with Gasteiger partial charge in [0.05, 0.1) is 31.9 Å². The van der Waals surface area contributed by atoms with Crippen molar-refractivity contribution in [3.05, 3.63) is 30.1 Å². The van der Waals surface area contributed by atoms with Gasteiger partial charge in [-0.3, -0.25) is 9.78 Å². The summed E-state index contributed by atoms with van der Waals surface area (Å²) >= 11 is 0. The Labute approximate surface area is 143 Å². The summed E-state index contributed by atoms with van der Waals surface area (Å²) in [6.07, 6.45) is 3.82. The summed E-state index contributed by atoms with van der Waals surface area (Å²) in [6.45, 7) is 3.97. The Morgan fingerprint density at radius 1 is 1.46 bits per heavy atom. The molecular weight excluding hydrogens is 306 g/mol. The molecule has 1 aromatic heterocycles. The van der Waals surface area contributed by atoms with Crippen LogP contribution in [0.3, 0.4) is 0 Å². The Bertz CT molecular complexity index is 544.